The lowest BCUT2D eigenvalue weighted by Crippen LogP contribution is -2.18. The van der Waals surface area contributed by atoms with Crippen molar-refractivity contribution in [1.82, 2.24) is 15.6 Å². The topological polar surface area (TPSA) is 132 Å². The highest BCUT2D eigenvalue weighted by Crippen LogP contribution is 2.31. The van der Waals surface area contributed by atoms with Crippen LogP contribution in [-0.4, -0.2) is 41.5 Å². The van der Waals surface area contributed by atoms with Gasteiger partial charge in [-0.15, -0.1) is 0 Å². The van der Waals surface area contributed by atoms with E-state index in [0.29, 0.717) is 22.8 Å². The first-order valence-corrected chi connectivity index (χ1v) is 8.86. The van der Waals surface area contributed by atoms with E-state index in [2.05, 4.69) is 20.7 Å². The number of carbonyl (C=O) groups excluding carboxylic acids is 1. The highest BCUT2D eigenvalue weighted by atomic mass is 35.5. The van der Waals surface area contributed by atoms with Crippen molar-refractivity contribution in [3.05, 3.63) is 68.9 Å². The number of rotatable bonds is 7. The Hall–Kier alpha value is -3.92. The number of hydrogen-bond donors (Lipinski definition) is 2. The fraction of sp³-hybridized carbons (Fsp3) is 0.105. The average molecular weight is 430 g/mol. The average Bonchev–Trinajstić information content (AvgIpc) is 3.24. The molecule has 0 bridgehead atoms. The van der Waals surface area contributed by atoms with Crippen molar-refractivity contribution >= 4 is 29.4 Å². The molecule has 1 aromatic heterocycles. The zero-order valence-electron chi connectivity index (χ0n) is 15.9. The monoisotopic (exact) mass is 429 g/mol. The van der Waals surface area contributed by atoms with Crippen molar-refractivity contribution in [2.45, 2.75) is 0 Å². The number of halogens is 1. The van der Waals surface area contributed by atoms with Crippen molar-refractivity contribution in [3.8, 4) is 22.8 Å². The number of ether oxygens (including phenoxy) is 2. The van der Waals surface area contributed by atoms with Gasteiger partial charge in [-0.2, -0.15) is 10.2 Å². The van der Waals surface area contributed by atoms with E-state index in [1.807, 2.05) is 0 Å². The highest BCUT2D eigenvalue weighted by molar-refractivity contribution is 6.33. The largest absolute Gasteiger partial charge is 0.493 e. The molecule has 154 valence electrons. The van der Waals surface area contributed by atoms with Crippen LogP contribution in [0.25, 0.3) is 11.3 Å². The fourth-order valence-corrected chi connectivity index (χ4v) is 2.71. The van der Waals surface area contributed by atoms with E-state index in [1.165, 1.54) is 38.6 Å². The molecule has 0 fully saturated rings. The summed E-state index contributed by atoms with van der Waals surface area (Å²) in [4.78, 5) is 22.6. The lowest BCUT2D eigenvalue weighted by atomic mass is 10.1. The van der Waals surface area contributed by atoms with E-state index in [4.69, 9.17) is 21.1 Å². The van der Waals surface area contributed by atoms with E-state index in [1.54, 1.807) is 24.3 Å². The Kier molecular flexibility index (Phi) is 6.28. The van der Waals surface area contributed by atoms with Gasteiger partial charge < -0.3 is 9.47 Å². The van der Waals surface area contributed by atoms with E-state index in [9.17, 15) is 14.9 Å². The van der Waals surface area contributed by atoms with Gasteiger partial charge >= 0.3 is 0 Å². The van der Waals surface area contributed by atoms with Gasteiger partial charge in [0.25, 0.3) is 11.6 Å². The molecule has 0 saturated carbocycles. The lowest BCUT2D eigenvalue weighted by Gasteiger charge is -2.08. The first-order chi connectivity index (χ1) is 14.4. The molecule has 0 saturated heterocycles. The zero-order valence-corrected chi connectivity index (χ0v) is 16.6. The maximum Gasteiger partial charge on any atom is 0.289 e. The molecule has 1 amide bonds. The number of nitrogens with one attached hydrogen (secondary N) is 2. The number of nitro benzene ring substituents is 1. The Morgan fingerprint density at radius 2 is 1.97 bits per heavy atom. The summed E-state index contributed by atoms with van der Waals surface area (Å²) in [5.74, 6) is 0.554. The van der Waals surface area contributed by atoms with Crippen LogP contribution in [-0.2, 0) is 0 Å². The van der Waals surface area contributed by atoms with Crippen molar-refractivity contribution < 1.29 is 19.2 Å². The van der Waals surface area contributed by atoms with Crippen LogP contribution in [0.1, 0.15) is 16.1 Å². The van der Waals surface area contributed by atoms with E-state index < -0.39 is 10.8 Å². The van der Waals surface area contributed by atoms with Gasteiger partial charge in [0.15, 0.2) is 11.5 Å². The summed E-state index contributed by atoms with van der Waals surface area (Å²) in [6.45, 7) is 0. The zero-order chi connectivity index (χ0) is 21.7. The van der Waals surface area contributed by atoms with Crippen LogP contribution in [0.2, 0.25) is 5.02 Å². The number of benzene rings is 2. The van der Waals surface area contributed by atoms with E-state index in [-0.39, 0.29) is 16.4 Å². The van der Waals surface area contributed by atoms with Gasteiger partial charge in [-0.1, -0.05) is 11.6 Å². The number of amides is 1. The maximum atomic E-state index is 12.3. The van der Waals surface area contributed by atoms with Crippen LogP contribution in [0.5, 0.6) is 11.5 Å². The molecule has 3 rings (SSSR count). The Balaban J connectivity index is 1.72. The molecule has 0 aliphatic heterocycles. The van der Waals surface area contributed by atoms with Crippen LogP contribution in [0.4, 0.5) is 5.69 Å². The third-order valence-corrected chi connectivity index (χ3v) is 4.41. The third kappa shape index (κ3) is 4.55. The summed E-state index contributed by atoms with van der Waals surface area (Å²) in [6.07, 6.45) is 1.22. The minimum absolute atomic E-state index is 0.139. The molecule has 30 heavy (non-hydrogen) atoms. The molecule has 1 heterocycles. The minimum atomic E-state index is -0.549. The standard InChI is InChI=1S/C19H16ClN5O5/c1-29-17-6-3-11(8-18(17)30-2)15-9-16(23-22-15)19(26)24-21-10-12-7-13(25(27)28)4-5-14(12)20/h3-10H,1-2H3,(H,22,23)(H,24,26)/b21-10-. The number of hydrazone groups is 1. The third-order valence-electron chi connectivity index (χ3n) is 4.06. The van der Waals surface area contributed by atoms with Gasteiger partial charge in [0.05, 0.1) is 31.1 Å². The van der Waals surface area contributed by atoms with E-state index >= 15 is 0 Å². The number of aromatic nitrogens is 2. The van der Waals surface area contributed by atoms with Gasteiger partial charge in [-0.05, 0) is 30.3 Å². The first kappa shape index (κ1) is 20.8. The molecule has 10 nitrogen and oxygen atoms in total. The van der Waals surface area contributed by atoms with Crippen LogP contribution < -0.4 is 14.9 Å². The smallest absolute Gasteiger partial charge is 0.289 e. The van der Waals surface area contributed by atoms with Gasteiger partial charge in [0, 0.05) is 28.3 Å². The molecular weight excluding hydrogens is 414 g/mol. The Bertz CT molecular complexity index is 1130. The molecule has 2 aromatic carbocycles. The summed E-state index contributed by atoms with van der Waals surface area (Å²) in [5, 5.41) is 21.7. The predicted molar refractivity (Wildman–Crippen MR) is 110 cm³/mol. The SMILES string of the molecule is COc1ccc(-c2cc(C(=O)N/N=C\c3cc([N+](=O)[O-])ccc3Cl)[nH]n2)cc1OC. The van der Waals surface area contributed by atoms with Crippen molar-refractivity contribution in [2.24, 2.45) is 5.10 Å². The second-order valence-corrected chi connectivity index (χ2v) is 6.31. The number of nitrogens with zero attached hydrogens (tertiary/aromatic N) is 3. The molecule has 0 aliphatic rings. The van der Waals surface area contributed by atoms with Gasteiger partial charge in [0.2, 0.25) is 0 Å². The fourth-order valence-electron chi connectivity index (χ4n) is 2.55. The molecule has 0 spiro atoms. The number of nitro groups is 1. The number of methoxy groups -OCH3 is 2. The number of aromatic amines is 1. The summed E-state index contributed by atoms with van der Waals surface area (Å²) in [5.41, 5.74) is 3.88. The van der Waals surface area contributed by atoms with Crippen molar-refractivity contribution in [1.29, 1.82) is 0 Å². The second kappa shape index (κ2) is 9.05. The summed E-state index contributed by atoms with van der Waals surface area (Å²) in [7, 11) is 3.06. The Morgan fingerprint density at radius 3 is 2.67 bits per heavy atom. The van der Waals surface area contributed by atoms with Crippen LogP contribution in [0.15, 0.2) is 47.6 Å². The van der Waals surface area contributed by atoms with Gasteiger partial charge in [-0.3, -0.25) is 20.0 Å². The van der Waals surface area contributed by atoms with Gasteiger partial charge in [0.1, 0.15) is 5.69 Å². The van der Waals surface area contributed by atoms with Crippen molar-refractivity contribution in [3.63, 3.8) is 0 Å². The Morgan fingerprint density at radius 1 is 1.20 bits per heavy atom. The molecule has 3 aromatic rings. The molecule has 0 radical (unpaired) electrons. The van der Waals surface area contributed by atoms with Crippen LogP contribution in [0, 0.1) is 10.1 Å². The number of hydrogen-bond acceptors (Lipinski definition) is 7. The predicted octanol–water partition coefficient (Wildman–Crippen LogP) is 3.42. The molecule has 0 atom stereocenters. The minimum Gasteiger partial charge on any atom is -0.493 e. The second-order valence-electron chi connectivity index (χ2n) is 5.90. The highest BCUT2D eigenvalue weighted by Gasteiger charge is 2.13. The van der Waals surface area contributed by atoms with Crippen molar-refractivity contribution in [2.75, 3.05) is 14.2 Å². The molecule has 2 N–H and O–H groups in total. The maximum absolute atomic E-state index is 12.3. The summed E-state index contributed by atoms with van der Waals surface area (Å²) in [6, 6.07) is 10.7. The molecule has 0 aliphatic carbocycles. The summed E-state index contributed by atoms with van der Waals surface area (Å²) < 4.78 is 10.5. The van der Waals surface area contributed by atoms with Crippen LogP contribution >= 0.6 is 11.6 Å². The normalized spacial score (nSPS) is 10.8. The molecular formula is C19H16ClN5O5. The molecule has 11 heteroatoms. The quantitative estimate of drug-likeness (QED) is 0.336. The number of H-pyrrole nitrogens is 1. The number of carbonyl (C=O) groups is 1. The Labute approximate surface area is 175 Å². The van der Waals surface area contributed by atoms with Crippen LogP contribution in [0.3, 0.4) is 0 Å². The summed E-state index contributed by atoms with van der Waals surface area (Å²) >= 11 is 5.99. The number of non-ortho nitro benzene ring substituents is 1. The molecule has 0 unspecified atom stereocenters. The lowest BCUT2D eigenvalue weighted by molar-refractivity contribution is -0.384. The van der Waals surface area contributed by atoms with E-state index in [0.717, 1.165) is 5.56 Å². The first-order valence-electron chi connectivity index (χ1n) is 8.48. The van der Waals surface area contributed by atoms with Gasteiger partial charge in [-0.25, -0.2) is 5.43 Å².